The van der Waals surface area contributed by atoms with Crippen LogP contribution in [0.1, 0.15) is 13.3 Å². The van der Waals surface area contributed by atoms with Gasteiger partial charge in [-0.05, 0) is 12.5 Å². The molecule has 0 bridgehead atoms. The largest absolute Gasteiger partial charge is 0.477 e. The zero-order valence-electron chi connectivity index (χ0n) is 7.07. The number of aliphatic carboxylic acids is 1. The summed E-state index contributed by atoms with van der Waals surface area (Å²) in [6.45, 7) is 1.85. The van der Waals surface area contributed by atoms with Gasteiger partial charge >= 0.3 is 5.97 Å². The lowest BCUT2D eigenvalue weighted by atomic mass is 10.2. The molecule has 0 aromatic heterocycles. The Balaban J connectivity index is 4.48. The van der Waals surface area contributed by atoms with Gasteiger partial charge in [-0.3, -0.25) is 0 Å². The highest BCUT2D eigenvalue weighted by Gasteiger charge is 2.09. The molecule has 1 N–H and O–H groups in total. The Bertz CT molecular complexity index is 223. The predicted molar refractivity (Wildman–Crippen MR) is 42.4 cm³/mol. The van der Waals surface area contributed by atoms with E-state index in [1.54, 1.807) is 6.07 Å². The molecule has 4 nitrogen and oxygen atoms in total. The lowest BCUT2D eigenvalue weighted by molar-refractivity contribution is -0.132. The molecule has 4 heteroatoms. The smallest absolute Gasteiger partial charge is 0.346 e. The van der Waals surface area contributed by atoms with Crippen LogP contribution < -0.4 is 0 Å². The lowest BCUT2D eigenvalue weighted by Gasteiger charge is -2.06. The average Bonchev–Trinajstić information content (AvgIpc) is 2.06. The minimum Gasteiger partial charge on any atom is -0.477 e. The molecule has 12 heavy (non-hydrogen) atoms. The molecule has 0 aromatic rings. The van der Waals surface area contributed by atoms with Crippen LogP contribution in [0.5, 0.6) is 0 Å². The Hall–Kier alpha value is -1.34. The molecular formula is C8H11NO3. The molecular weight excluding hydrogens is 158 g/mol. The van der Waals surface area contributed by atoms with Crippen LogP contribution in [-0.4, -0.2) is 24.3 Å². The van der Waals surface area contributed by atoms with Gasteiger partial charge in [-0.1, -0.05) is 6.92 Å². The van der Waals surface area contributed by atoms with Gasteiger partial charge < -0.3 is 9.84 Å². The Labute approximate surface area is 71.1 Å². The van der Waals surface area contributed by atoms with E-state index in [0.717, 1.165) is 0 Å². The van der Waals surface area contributed by atoms with Crippen molar-refractivity contribution in [1.82, 2.24) is 0 Å². The second kappa shape index (κ2) is 5.33. The second-order valence-corrected chi connectivity index (χ2v) is 2.18. The van der Waals surface area contributed by atoms with Crippen LogP contribution in [0.3, 0.4) is 0 Å². The van der Waals surface area contributed by atoms with E-state index in [2.05, 4.69) is 0 Å². The third-order valence-electron chi connectivity index (χ3n) is 1.41. The summed E-state index contributed by atoms with van der Waals surface area (Å²) in [7, 11) is 1.47. The first kappa shape index (κ1) is 10.7. The quantitative estimate of drug-likeness (QED) is 0.502. The minimum atomic E-state index is -1.21. The van der Waals surface area contributed by atoms with Crippen molar-refractivity contribution in [3.63, 3.8) is 0 Å². The average molecular weight is 169 g/mol. The van der Waals surface area contributed by atoms with Crippen molar-refractivity contribution in [3.8, 4) is 6.07 Å². The number of methoxy groups -OCH3 is 1. The summed E-state index contributed by atoms with van der Waals surface area (Å²) >= 11 is 0. The summed E-state index contributed by atoms with van der Waals surface area (Å²) < 4.78 is 4.89. The van der Waals surface area contributed by atoms with Gasteiger partial charge in [-0.25, -0.2) is 4.79 Å². The van der Waals surface area contributed by atoms with E-state index in [1.807, 2.05) is 6.92 Å². The van der Waals surface area contributed by atoms with E-state index in [-0.39, 0.29) is 11.7 Å². The first-order chi connectivity index (χ1) is 5.65. The summed E-state index contributed by atoms with van der Waals surface area (Å²) in [6.07, 6.45) is 1.66. The molecule has 0 aliphatic heterocycles. The number of carboxylic acid groups (broad SMARTS) is 1. The molecule has 1 atom stereocenters. The van der Waals surface area contributed by atoms with E-state index in [9.17, 15) is 4.79 Å². The molecule has 1 unspecified atom stereocenters. The topological polar surface area (TPSA) is 70.3 Å². The van der Waals surface area contributed by atoms with E-state index < -0.39 is 5.97 Å². The van der Waals surface area contributed by atoms with Gasteiger partial charge in [0.15, 0.2) is 0 Å². The lowest BCUT2D eigenvalue weighted by Crippen LogP contribution is -2.09. The Morgan fingerprint density at radius 3 is 2.67 bits per heavy atom. The standard InChI is InChI=1S/C8H11NO3/c1-3-7(12-2)4-6(5-9)8(10)11/h4,7H,3H2,1-2H3,(H,10,11). The van der Waals surface area contributed by atoms with Crippen LogP contribution in [0.2, 0.25) is 0 Å². The van der Waals surface area contributed by atoms with Crippen molar-refractivity contribution >= 4 is 5.97 Å². The van der Waals surface area contributed by atoms with E-state index in [0.29, 0.717) is 6.42 Å². The maximum Gasteiger partial charge on any atom is 0.346 e. The zero-order chi connectivity index (χ0) is 9.56. The van der Waals surface area contributed by atoms with Crippen molar-refractivity contribution in [3.05, 3.63) is 11.6 Å². The van der Waals surface area contributed by atoms with Crippen molar-refractivity contribution in [1.29, 1.82) is 5.26 Å². The summed E-state index contributed by atoms with van der Waals surface area (Å²) in [5, 5.41) is 16.8. The third kappa shape index (κ3) is 3.17. The van der Waals surface area contributed by atoms with Gasteiger partial charge in [0.25, 0.3) is 0 Å². The molecule has 0 rings (SSSR count). The summed E-state index contributed by atoms with van der Waals surface area (Å²) in [5.41, 5.74) is -0.274. The number of nitriles is 1. The van der Waals surface area contributed by atoms with Gasteiger partial charge in [0.1, 0.15) is 11.6 Å². The molecule has 0 heterocycles. The summed E-state index contributed by atoms with van der Waals surface area (Å²) in [6, 6.07) is 1.58. The Morgan fingerprint density at radius 2 is 2.42 bits per heavy atom. The van der Waals surface area contributed by atoms with Crippen molar-refractivity contribution in [2.75, 3.05) is 7.11 Å². The number of rotatable bonds is 4. The van der Waals surface area contributed by atoms with E-state index in [1.165, 1.54) is 13.2 Å². The van der Waals surface area contributed by atoms with Crippen molar-refractivity contribution in [2.24, 2.45) is 0 Å². The second-order valence-electron chi connectivity index (χ2n) is 2.18. The zero-order valence-corrected chi connectivity index (χ0v) is 7.07. The molecule has 0 aliphatic carbocycles. The van der Waals surface area contributed by atoms with Gasteiger partial charge in [0, 0.05) is 7.11 Å². The van der Waals surface area contributed by atoms with Gasteiger partial charge in [0.05, 0.1) is 6.10 Å². The van der Waals surface area contributed by atoms with Crippen LogP contribution in [0.25, 0.3) is 0 Å². The highest BCUT2D eigenvalue weighted by atomic mass is 16.5. The van der Waals surface area contributed by atoms with Crippen LogP contribution in [-0.2, 0) is 9.53 Å². The van der Waals surface area contributed by atoms with Gasteiger partial charge in [0.2, 0.25) is 0 Å². The number of carboxylic acids is 1. The van der Waals surface area contributed by atoms with Crippen LogP contribution >= 0.6 is 0 Å². The first-order valence-electron chi connectivity index (χ1n) is 3.53. The Morgan fingerprint density at radius 1 is 1.83 bits per heavy atom. The SMILES string of the molecule is CCC(C=C(C#N)C(=O)O)OC. The Kier molecular flexibility index (Phi) is 4.73. The predicted octanol–water partition coefficient (Wildman–Crippen LogP) is 0.946. The van der Waals surface area contributed by atoms with E-state index in [4.69, 9.17) is 15.1 Å². The highest BCUT2D eigenvalue weighted by Crippen LogP contribution is 2.02. The number of ether oxygens (including phenoxy) is 1. The molecule has 0 saturated carbocycles. The van der Waals surface area contributed by atoms with Crippen LogP contribution in [0.15, 0.2) is 11.6 Å². The molecule has 0 radical (unpaired) electrons. The van der Waals surface area contributed by atoms with Crippen LogP contribution in [0, 0.1) is 11.3 Å². The number of carbonyl (C=O) groups is 1. The minimum absolute atomic E-state index is 0.274. The number of hydrogen-bond donors (Lipinski definition) is 1. The van der Waals surface area contributed by atoms with Crippen molar-refractivity contribution in [2.45, 2.75) is 19.4 Å². The maximum absolute atomic E-state index is 10.4. The molecule has 0 amide bonds. The van der Waals surface area contributed by atoms with Gasteiger partial charge in [-0.2, -0.15) is 5.26 Å². The summed E-state index contributed by atoms with van der Waals surface area (Å²) in [4.78, 5) is 10.4. The monoisotopic (exact) mass is 169 g/mol. The summed E-state index contributed by atoms with van der Waals surface area (Å²) in [5.74, 6) is -1.21. The molecule has 0 aromatic carbocycles. The molecule has 66 valence electrons. The maximum atomic E-state index is 10.4. The fourth-order valence-electron chi connectivity index (χ4n) is 0.695. The molecule has 0 saturated heterocycles. The van der Waals surface area contributed by atoms with Crippen LogP contribution in [0.4, 0.5) is 0 Å². The normalized spacial score (nSPS) is 13.6. The number of nitrogens with zero attached hydrogens (tertiary/aromatic N) is 1. The molecule has 0 spiro atoms. The fraction of sp³-hybridized carbons (Fsp3) is 0.500. The first-order valence-corrected chi connectivity index (χ1v) is 3.53. The van der Waals surface area contributed by atoms with E-state index >= 15 is 0 Å². The molecule has 0 fully saturated rings. The van der Waals surface area contributed by atoms with Gasteiger partial charge in [-0.15, -0.1) is 0 Å². The molecule has 0 aliphatic rings. The van der Waals surface area contributed by atoms with Crippen molar-refractivity contribution < 1.29 is 14.6 Å². The number of hydrogen-bond acceptors (Lipinski definition) is 3. The highest BCUT2D eigenvalue weighted by molar-refractivity contribution is 5.91. The fourth-order valence-corrected chi connectivity index (χ4v) is 0.695. The third-order valence-corrected chi connectivity index (χ3v) is 1.41.